The fraction of sp³-hybridized carbons (Fsp3) is 0.273. The monoisotopic (exact) mass is 270 g/mol. The highest BCUT2D eigenvalue weighted by molar-refractivity contribution is 7.18. The lowest BCUT2D eigenvalue weighted by Gasteiger charge is -2.08. The quantitative estimate of drug-likeness (QED) is 0.873. The van der Waals surface area contributed by atoms with E-state index in [-0.39, 0.29) is 11.8 Å². The molecule has 0 fully saturated rings. The van der Waals surface area contributed by atoms with Crippen molar-refractivity contribution in [2.45, 2.75) is 6.92 Å². The molecule has 0 saturated heterocycles. The van der Waals surface area contributed by atoms with Crippen LogP contribution in [0.1, 0.15) is 5.01 Å². The van der Waals surface area contributed by atoms with Crippen molar-refractivity contribution in [3.05, 3.63) is 17.1 Å². The summed E-state index contributed by atoms with van der Waals surface area (Å²) in [5, 5.41) is 3.67. The first kappa shape index (κ1) is 12.1. The van der Waals surface area contributed by atoms with E-state index in [1.54, 1.807) is 18.4 Å². The average Bonchev–Trinajstić information content (AvgIpc) is 2.67. The smallest absolute Gasteiger partial charge is 0.239 e. The highest BCUT2D eigenvalue weighted by atomic mass is 35.5. The third-order valence-corrected chi connectivity index (χ3v) is 3.39. The molecule has 4 nitrogen and oxygen atoms in total. The van der Waals surface area contributed by atoms with Crippen molar-refractivity contribution in [1.29, 1.82) is 0 Å². The van der Waals surface area contributed by atoms with Crippen molar-refractivity contribution in [2.24, 2.45) is 0 Å². The third-order valence-electron chi connectivity index (χ3n) is 2.21. The molecule has 0 saturated carbocycles. The summed E-state index contributed by atoms with van der Waals surface area (Å²) in [4.78, 5) is 15.6. The Balaban J connectivity index is 2.48. The van der Waals surface area contributed by atoms with Gasteiger partial charge in [0.05, 0.1) is 28.0 Å². The second-order valence-corrected chi connectivity index (χ2v) is 4.94. The highest BCUT2D eigenvalue weighted by Crippen LogP contribution is 2.32. The second-order valence-electron chi connectivity index (χ2n) is 3.43. The van der Waals surface area contributed by atoms with E-state index in [9.17, 15) is 4.79 Å². The van der Waals surface area contributed by atoms with Gasteiger partial charge in [0.15, 0.2) is 0 Å². The number of alkyl halides is 1. The first-order valence-electron chi connectivity index (χ1n) is 4.95. The zero-order valence-electron chi connectivity index (χ0n) is 9.41. The van der Waals surface area contributed by atoms with Gasteiger partial charge in [-0.2, -0.15) is 0 Å². The summed E-state index contributed by atoms with van der Waals surface area (Å²) >= 11 is 7.03. The summed E-state index contributed by atoms with van der Waals surface area (Å²) in [6.07, 6.45) is 0. The molecule has 0 radical (unpaired) electrons. The van der Waals surface area contributed by atoms with Crippen LogP contribution in [0.15, 0.2) is 12.1 Å². The van der Waals surface area contributed by atoms with E-state index < -0.39 is 0 Å². The van der Waals surface area contributed by atoms with Crippen LogP contribution in [-0.4, -0.2) is 23.9 Å². The highest BCUT2D eigenvalue weighted by Gasteiger charge is 2.10. The molecule has 0 aliphatic rings. The topological polar surface area (TPSA) is 51.2 Å². The third kappa shape index (κ3) is 2.50. The molecule has 1 aromatic carbocycles. The van der Waals surface area contributed by atoms with Crippen molar-refractivity contribution in [1.82, 2.24) is 4.98 Å². The number of benzene rings is 1. The van der Waals surface area contributed by atoms with Crippen LogP contribution >= 0.6 is 22.9 Å². The fourth-order valence-electron chi connectivity index (χ4n) is 1.52. The Hall–Kier alpha value is -1.33. The van der Waals surface area contributed by atoms with Gasteiger partial charge in [-0.3, -0.25) is 4.79 Å². The molecule has 2 aromatic rings. The largest absolute Gasteiger partial charge is 0.494 e. The van der Waals surface area contributed by atoms with Crippen molar-refractivity contribution in [3.63, 3.8) is 0 Å². The number of nitrogens with one attached hydrogen (secondary N) is 1. The number of halogens is 1. The molecular formula is C11H11ClN2O2S. The molecule has 90 valence electrons. The lowest BCUT2D eigenvalue weighted by Crippen LogP contribution is -2.13. The van der Waals surface area contributed by atoms with E-state index >= 15 is 0 Å². The molecule has 0 bridgehead atoms. The number of carbonyl (C=O) groups excluding carboxylic acids is 1. The van der Waals surface area contributed by atoms with Gasteiger partial charge in [-0.15, -0.1) is 22.9 Å². The number of fused-ring (bicyclic) bond motifs is 1. The Bertz CT molecular complexity index is 568. The molecule has 1 heterocycles. The van der Waals surface area contributed by atoms with Crippen LogP contribution in [-0.2, 0) is 4.79 Å². The second kappa shape index (κ2) is 4.89. The molecule has 1 aromatic heterocycles. The van der Waals surface area contributed by atoms with E-state index in [2.05, 4.69) is 10.3 Å². The number of thiazole rings is 1. The van der Waals surface area contributed by atoms with Gasteiger partial charge in [-0.05, 0) is 13.0 Å². The van der Waals surface area contributed by atoms with Crippen LogP contribution in [0.25, 0.3) is 10.2 Å². The number of hydrogen-bond acceptors (Lipinski definition) is 4. The normalized spacial score (nSPS) is 10.5. The zero-order chi connectivity index (χ0) is 12.4. The van der Waals surface area contributed by atoms with Crippen molar-refractivity contribution >= 4 is 44.7 Å². The first-order valence-corrected chi connectivity index (χ1v) is 6.30. The number of aryl methyl sites for hydroxylation is 1. The number of methoxy groups -OCH3 is 1. The van der Waals surface area contributed by atoms with Gasteiger partial charge in [0.25, 0.3) is 0 Å². The van der Waals surface area contributed by atoms with Gasteiger partial charge in [0.2, 0.25) is 5.91 Å². The molecule has 0 aliphatic heterocycles. The summed E-state index contributed by atoms with van der Waals surface area (Å²) in [5.41, 5.74) is 1.49. The van der Waals surface area contributed by atoms with Crippen LogP contribution in [0.2, 0.25) is 0 Å². The van der Waals surface area contributed by atoms with Crippen LogP contribution in [0.3, 0.4) is 0 Å². The van der Waals surface area contributed by atoms with Gasteiger partial charge in [0, 0.05) is 6.07 Å². The number of amides is 1. The van der Waals surface area contributed by atoms with Crippen molar-refractivity contribution in [2.75, 3.05) is 18.3 Å². The molecule has 0 aliphatic carbocycles. The van der Waals surface area contributed by atoms with Gasteiger partial charge >= 0.3 is 0 Å². The molecule has 2 rings (SSSR count). The van der Waals surface area contributed by atoms with Crippen LogP contribution < -0.4 is 10.1 Å². The molecule has 17 heavy (non-hydrogen) atoms. The maximum absolute atomic E-state index is 11.3. The minimum absolute atomic E-state index is 0.0804. The number of hydrogen-bond donors (Lipinski definition) is 1. The summed E-state index contributed by atoms with van der Waals surface area (Å²) in [6, 6.07) is 3.66. The summed E-state index contributed by atoms with van der Waals surface area (Å²) in [5.74, 6) is 0.245. The number of ether oxygens (including phenoxy) is 1. The Labute approximate surface area is 108 Å². The Morgan fingerprint density at radius 1 is 1.59 bits per heavy atom. The number of anilines is 1. The molecule has 0 atom stereocenters. The van der Waals surface area contributed by atoms with E-state index in [1.165, 1.54) is 0 Å². The number of rotatable bonds is 3. The maximum atomic E-state index is 11.3. The summed E-state index contributed by atoms with van der Waals surface area (Å²) in [6.45, 7) is 1.94. The predicted octanol–water partition coefficient (Wildman–Crippen LogP) is 2.79. The maximum Gasteiger partial charge on any atom is 0.239 e. The van der Waals surface area contributed by atoms with Crippen LogP contribution in [0, 0.1) is 6.92 Å². The molecule has 1 N–H and O–H groups in total. The lowest BCUT2D eigenvalue weighted by molar-refractivity contribution is -0.113. The van der Waals surface area contributed by atoms with E-state index in [4.69, 9.17) is 16.3 Å². The van der Waals surface area contributed by atoms with Gasteiger partial charge < -0.3 is 10.1 Å². The molecular weight excluding hydrogens is 260 g/mol. The summed E-state index contributed by atoms with van der Waals surface area (Å²) < 4.78 is 6.22. The number of aromatic nitrogens is 1. The Morgan fingerprint density at radius 3 is 3.00 bits per heavy atom. The van der Waals surface area contributed by atoms with Crippen molar-refractivity contribution in [3.8, 4) is 5.75 Å². The summed E-state index contributed by atoms with van der Waals surface area (Å²) in [7, 11) is 1.55. The Kier molecular flexibility index (Phi) is 3.49. The SMILES string of the molecule is COc1cc2nc(C)sc2cc1NC(=O)CCl. The van der Waals surface area contributed by atoms with E-state index in [0.29, 0.717) is 11.4 Å². The van der Waals surface area contributed by atoms with Crippen LogP contribution in [0.5, 0.6) is 5.75 Å². The van der Waals surface area contributed by atoms with E-state index in [1.807, 2.05) is 19.1 Å². The Morgan fingerprint density at radius 2 is 2.35 bits per heavy atom. The van der Waals surface area contributed by atoms with Gasteiger partial charge in [-0.25, -0.2) is 4.98 Å². The van der Waals surface area contributed by atoms with E-state index in [0.717, 1.165) is 15.2 Å². The number of nitrogens with zero attached hydrogens (tertiary/aromatic N) is 1. The fourth-order valence-corrected chi connectivity index (χ4v) is 2.44. The minimum atomic E-state index is -0.259. The zero-order valence-corrected chi connectivity index (χ0v) is 11.0. The van der Waals surface area contributed by atoms with Gasteiger partial charge in [0.1, 0.15) is 11.6 Å². The standard InChI is InChI=1S/C11H11ClN2O2S/c1-6-13-8-3-9(16-2)7(4-10(8)17-6)14-11(15)5-12/h3-4H,5H2,1-2H3,(H,14,15). The average molecular weight is 271 g/mol. The first-order chi connectivity index (χ1) is 8.13. The molecule has 6 heteroatoms. The predicted molar refractivity (Wildman–Crippen MR) is 70.3 cm³/mol. The molecule has 0 unspecified atom stereocenters. The number of carbonyl (C=O) groups is 1. The molecule has 0 spiro atoms. The lowest BCUT2D eigenvalue weighted by atomic mass is 10.2. The van der Waals surface area contributed by atoms with Crippen LogP contribution in [0.4, 0.5) is 5.69 Å². The van der Waals surface area contributed by atoms with Gasteiger partial charge in [-0.1, -0.05) is 0 Å². The molecule has 1 amide bonds. The minimum Gasteiger partial charge on any atom is -0.494 e. The van der Waals surface area contributed by atoms with Crippen molar-refractivity contribution < 1.29 is 9.53 Å².